The van der Waals surface area contributed by atoms with E-state index in [0.717, 1.165) is 4.88 Å². The van der Waals surface area contributed by atoms with Crippen LogP contribution in [0, 0.1) is 10.1 Å². The molecule has 22 heavy (non-hydrogen) atoms. The number of halogens is 1. The van der Waals surface area contributed by atoms with Crippen LogP contribution < -0.4 is 0 Å². The number of amidine groups is 1. The third kappa shape index (κ3) is 3.18. The second-order valence-electron chi connectivity index (χ2n) is 4.51. The van der Waals surface area contributed by atoms with Crippen molar-refractivity contribution in [2.45, 2.75) is 6.54 Å². The molecule has 9 heteroatoms. The molecule has 1 aliphatic heterocycles. The molecule has 0 fully saturated rings. The number of nitro groups is 1. The summed E-state index contributed by atoms with van der Waals surface area (Å²) in [7, 11) is 0. The van der Waals surface area contributed by atoms with Crippen molar-refractivity contribution in [1.82, 2.24) is 9.88 Å². The lowest BCUT2D eigenvalue weighted by Gasteiger charge is -2.17. The van der Waals surface area contributed by atoms with Crippen LogP contribution in [0.3, 0.4) is 0 Å². The fourth-order valence-electron chi connectivity index (χ4n) is 2.13. The Morgan fingerprint density at radius 2 is 2.50 bits per heavy atom. The molecule has 2 aromatic rings. The molecule has 2 aromatic heterocycles. The SMILES string of the molecule is O=[N+]([O-])C(=Cc1ccco1)C1=NCCN1Cc1cnc(Cl)s1. The Bertz CT molecular complexity index is 738. The Kier molecular flexibility index (Phi) is 4.21. The van der Waals surface area contributed by atoms with E-state index < -0.39 is 4.92 Å². The molecule has 7 nitrogen and oxygen atoms in total. The molecule has 3 rings (SSSR count). The summed E-state index contributed by atoms with van der Waals surface area (Å²) in [5, 5.41) is 11.4. The first-order chi connectivity index (χ1) is 10.6. The minimum absolute atomic E-state index is 0.0805. The Hall–Kier alpha value is -2.19. The highest BCUT2D eigenvalue weighted by atomic mass is 35.5. The maximum atomic E-state index is 11.4. The van der Waals surface area contributed by atoms with Crippen molar-refractivity contribution in [3.8, 4) is 0 Å². The first-order valence-electron chi connectivity index (χ1n) is 6.43. The van der Waals surface area contributed by atoms with E-state index in [0.29, 0.717) is 35.7 Å². The molecule has 0 bridgehead atoms. The third-order valence-corrected chi connectivity index (χ3v) is 4.15. The first kappa shape index (κ1) is 14.7. The minimum atomic E-state index is -0.445. The van der Waals surface area contributed by atoms with Gasteiger partial charge in [-0.2, -0.15) is 0 Å². The number of thiazole rings is 1. The number of furan rings is 1. The maximum absolute atomic E-state index is 11.4. The van der Waals surface area contributed by atoms with Crippen LogP contribution in [0.5, 0.6) is 0 Å². The second-order valence-corrected chi connectivity index (χ2v) is 6.21. The fraction of sp³-hybridized carbons (Fsp3) is 0.231. The van der Waals surface area contributed by atoms with Crippen LogP contribution >= 0.6 is 22.9 Å². The number of nitrogens with zero attached hydrogens (tertiary/aromatic N) is 4. The van der Waals surface area contributed by atoms with E-state index in [1.54, 1.807) is 18.3 Å². The monoisotopic (exact) mass is 338 g/mol. The Morgan fingerprint density at radius 3 is 3.14 bits per heavy atom. The van der Waals surface area contributed by atoms with Crippen molar-refractivity contribution in [3.63, 3.8) is 0 Å². The molecule has 0 N–H and O–H groups in total. The third-order valence-electron chi connectivity index (χ3n) is 3.05. The van der Waals surface area contributed by atoms with Crippen LogP contribution in [0.4, 0.5) is 0 Å². The van der Waals surface area contributed by atoms with Gasteiger partial charge in [-0.15, -0.1) is 11.3 Å². The summed E-state index contributed by atoms with van der Waals surface area (Å²) in [6.45, 7) is 1.63. The summed E-state index contributed by atoms with van der Waals surface area (Å²) >= 11 is 7.17. The van der Waals surface area contributed by atoms with Gasteiger partial charge in [0.2, 0.25) is 5.84 Å². The lowest BCUT2D eigenvalue weighted by molar-refractivity contribution is -0.414. The van der Waals surface area contributed by atoms with Crippen molar-refractivity contribution in [2.75, 3.05) is 13.1 Å². The Balaban J connectivity index is 1.85. The molecule has 114 valence electrons. The topological polar surface area (TPSA) is 84.8 Å². The quantitative estimate of drug-likeness (QED) is 0.618. The van der Waals surface area contributed by atoms with Gasteiger partial charge in [-0.25, -0.2) is 4.98 Å². The maximum Gasteiger partial charge on any atom is 0.314 e. The lowest BCUT2D eigenvalue weighted by atomic mass is 10.3. The van der Waals surface area contributed by atoms with Gasteiger partial charge in [0.25, 0.3) is 0 Å². The van der Waals surface area contributed by atoms with Gasteiger partial charge < -0.3 is 9.32 Å². The van der Waals surface area contributed by atoms with E-state index in [1.165, 1.54) is 23.7 Å². The molecule has 0 saturated carbocycles. The smallest absolute Gasteiger partial charge is 0.314 e. The molecule has 0 aromatic carbocycles. The van der Waals surface area contributed by atoms with E-state index in [4.69, 9.17) is 16.0 Å². The van der Waals surface area contributed by atoms with Crippen molar-refractivity contribution in [1.29, 1.82) is 0 Å². The molecule has 0 amide bonds. The van der Waals surface area contributed by atoms with Crippen LogP contribution in [0.2, 0.25) is 4.47 Å². The molecule has 0 unspecified atom stereocenters. The zero-order valence-corrected chi connectivity index (χ0v) is 12.9. The number of aromatic nitrogens is 1. The molecule has 0 atom stereocenters. The highest BCUT2D eigenvalue weighted by molar-refractivity contribution is 7.15. The van der Waals surface area contributed by atoms with Crippen molar-refractivity contribution in [2.24, 2.45) is 4.99 Å². The van der Waals surface area contributed by atoms with E-state index in [1.807, 2.05) is 4.90 Å². The standard InChI is InChI=1S/C13H11ClN4O3S/c14-13-16-7-10(22-13)8-17-4-3-15-12(17)11(18(19)20)6-9-2-1-5-21-9/h1-2,5-7H,3-4,8H2. The van der Waals surface area contributed by atoms with Crippen LogP contribution in [0.1, 0.15) is 10.6 Å². The Labute approximate surface area is 134 Å². The molecule has 0 spiro atoms. The van der Waals surface area contributed by atoms with Crippen molar-refractivity contribution in [3.05, 3.63) is 55.5 Å². The van der Waals surface area contributed by atoms with Crippen LogP contribution in [-0.2, 0) is 6.54 Å². The number of aliphatic imine (C=N–C) groups is 1. The first-order valence-corrected chi connectivity index (χ1v) is 7.62. The summed E-state index contributed by atoms with van der Waals surface area (Å²) in [4.78, 5) is 21.9. The van der Waals surface area contributed by atoms with Crippen molar-refractivity contribution >= 4 is 34.8 Å². The largest absolute Gasteiger partial charge is 0.465 e. The number of hydrogen-bond acceptors (Lipinski definition) is 7. The van der Waals surface area contributed by atoms with Gasteiger partial charge in [-0.3, -0.25) is 15.1 Å². The summed E-state index contributed by atoms with van der Waals surface area (Å²) in [6.07, 6.45) is 4.53. The van der Waals surface area contributed by atoms with Gasteiger partial charge >= 0.3 is 5.70 Å². The summed E-state index contributed by atoms with van der Waals surface area (Å²) in [5.74, 6) is 0.771. The predicted octanol–water partition coefficient (Wildman–Crippen LogP) is 2.92. The number of rotatable bonds is 5. The highest BCUT2D eigenvalue weighted by Gasteiger charge is 2.29. The fourth-order valence-corrected chi connectivity index (χ4v) is 3.12. The van der Waals surface area contributed by atoms with Gasteiger partial charge in [0, 0.05) is 17.6 Å². The summed E-state index contributed by atoms with van der Waals surface area (Å²) in [6, 6.07) is 3.34. The van der Waals surface area contributed by atoms with E-state index >= 15 is 0 Å². The average molecular weight is 339 g/mol. The van der Waals surface area contributed by atoms with E-state index in [-0.39, 0.29) is 5.70 Å². The summed E-state index contributed by atoms with van der Waals surface area (Å²) in [5.41, 5.74) is -0.0805. The predicted molar refractivity (Wildman–Crippen MR) is 83.5 cm³/mol. The zero-order valence-electron chi connectivity index (χ0n) is 11.3. The molecule has 3 heterocycles. The van der Waals surface area contributed by atoms with Gasteiger partial charge in [0.05, 0.1) is 30.4 Å². The van der Waals surface area contributed by atoms with E-state index in [9.17, 15) is 10.1 Å². The van der Waals surface area contributed by atoms with Crippen molar-refractivity contribution < 1.29 is 9.34 Å². The second kappa shape index (κ2) is 6.29. The molecule has 0 aliphatic carbocycles. The molecular weight excluding hydrogens is 328 g/mol. The summed E-state index contributed by atoms with van der Waals surface area (Å²) < 4.78 is 5.60. The average Bonchev–Trinajstić information content (AvgIpc) is 3.19. The van der Waals surface area contributed by atoms with Gasteiger partial charge in [0.15, 0.2) is 4.47 Å². The normalized spacial score (nSPS) is 15.2. The van der Waals surface area contributed by atoms with Crippen LogP contribution in [0.15, 0.2) is 39.7 Å². The Morgan fingerprint density at radius 1 is 1.64 bits per heavy atom. The van der Waals surface area contributed by atoms with Crippen LogP contribution in [-0.4, -0.2) is 33.7 Å². The van der Waals surface area contributed by atoms with Gasteiger partial charge in [0.1, 0.15) is 5.76 Å². The number of hydrogen-bond donors (Lipinski definition) is 0. The molecule has 1 aliphatic rings. The zero-order chi connectivity index (χ0) is 15.5. The van der Waals surface area contributed by atoms with E-state index in [2.05, 4.69) is 9.98 Å². The molecule has 0 saturated heterocycles. The van der Waals surface area contributed by atoms with Gasteiger partial charge in [-0.05, 0) is 12.1 Å². The minimum Gasteiger partial charge on any atom is -0.465 e. The molecule has 0 radical (unpaired) electrons. The lowest BCUT2D eigenvalue weighted by Crippen LogP contribution is -2.30. The van der Waals surface area contributed by atoms with Gasteiger partial charge in [-0.1, -0.05) is 11.6 Å². The highest BCUT2D eigenvalue weighted by Crippen LogP contribution is 2.22. The van der Waals surface area contributed by atoms with Crippen LogP contribution in [0.25, 0.3) is 6.08 Å². The molecular formula is C13H11ClN4O3S.